The van der Waals surface area contributed by atoms with Crippen molar-refractivity contribution >= 4 is 11.7 Å². The lowest BCUT2D eigenvalue weighted by molar-refractivity contribution is -0.127. The highest BCUT2D eigenvalue weighted by atomic mass is 16.6. The van der Waals surface area contributed by atoms with Gasteiger partial charge >= 0.3 is 0 Å². The molecule has 0 radical (unpaired) electrons. The Morgan fingerprint density at radius 2 is 1.97 bits per heavy atom. The van der Waals surface area contributed by atoms with Crippen LogP contribution >= 0.6 is 0 Å². The van der Waals surface area contributed by atoms with E-state index in [1.165, 1.54) is 0 Å². The molecule has 0 fully saturated rings. The minimum atomic E-state index is -0.858. The van der Waals surface area contributed by atoms with Gasteiger partial charge in [-0.15, -0.1) is 0 Å². The van der Waals surface area contributed by atoms with Crippen molar-refractivity contribution in [3.63, 3.8) is 0 Å². The van der Waals surface area contributed by atoms with Gasteiger partial charge in [0, 0.05) is 22.9 Å². The summed E-state index contributed by atoms with van der Waals surface area (Å²) in [5, 5.41) is 6.45. The second-order valence-electron chi connectivity index (χ2n) is 7.83. The van der Waals surface area contributed by atoms with Crippen LogP contribution in [0.4, 0.5) is 0 Å². The number of nitrogens with one attached hydrogen (secondary N) is 1. The minimum Gasteiger partial charge on any atom is -0.491 e. The van der Waals surface area contributed by atoms with Crippen molar-refractivity contribution in [3.8, 4) is 5.75 Å². The Morgan fingerprint density at radius 1 is 1.19 bits per heavy atom. The number of carbonyl (C=O) groups excluding carboxylic acids is 2. The van der Waals surface area contributed by atoms with Crippen LogP contribution in [0.25, 0.3) is 10.4 Å². The van der Waals surface area contributed by atoms with E-state index in [0.717, 1.165) is 12.8 Å². The summed E-state index contributed by atoms with van der Waals surface area (Å²) in [6.07, 6.45) is 1.13. The van der Waals surface area contributed by atoms with Crippen LogP contribution in [-0.4, -0.2) is 50.9 Å². The second-order valence-corrected chi connectivity index (χ2v) is 7.83. The van der Waals surface area contributed by atoms with Crippen LogP contribution in [0, 0.1) is 11.8 Å². The highest BCUT2D eigenvalue weighted by Crippen LogP contribution is 2.14. The van der Waals surface area contributed by atoms with Gasteiger partial charge < -0.3 is 19.5 Å². The third-order valence-corrected chi connectivity index (χ3v) is 4.34. The Bertz CT molecular complexity index is 732. The summed E-state index contributed by atoms with van der Waals surface area (Å²) in [6.45, 7) is 8.89. The van der Waals surface area contributed by atoms with Crippen LogP contribution < -0.4 is 10.1 Å². The van der Waals surface area contributed by atoms with Gasteiger partial charge in [-0.2, -0.15) is 0 Å². The van der Waals surface area contributed by atoms with E-state index >= 15 is 0 Å². The highest BCUT2D eigenvalue weighted by Gasteiger charge is 2.11. The third kappa shape index (κ3) is 12.0. The first-order valence-electron chi connectivity index (χ1n) is 10.6. The van der Waals surface area contributed by atoms with Gasteiger partial charge in [0.1, 0.15) is 19.0 Å². The van der Waals surface area contributed by atoms with E-state index < -0.39 is 6.23 Å². The number of azide groups is 1. The molecule has 0 aliphatic rings. The Kier molecular flexibility index (Phi) is 13.0. The fourth-order valence-corrected chi connectivity index (χ4v) is 2.46. The maximum absolute atomic E-state index is 12.3. The van der Waals surface area contributed by atoms with Crippen molar-refractivity contribution in [1.29, 1.82) is 0 Å². The predicted molar refractivity (Wildman–Crippen MR) is 118 cm³/mol. The lowest BCUT2D eigenvalue weighted by atomic mass is 10.1. The van der Waals surface area contributed by atoms with Crippen molar-refractivity contribution in [2.24, 2.45) is 17.0 Å². The monoisotopic (exact) mass is 434 g/mol. The summed E-state index contributed by atoms with van der Waals surface area (Å²) in [4.78, 5) is 26.5. The van der Waals surface area contributed by atoms with Crippen LogP contribution in [0.2, 0.25) is 0 Å². The zero-order valence-electron chi connectivity index (χ0n) is 18.9. The molecule has 0 spiro atoms. The summed E-state index contributed by atoms with van der Waals surface area (Å²) in [6, 6.07) is 6.78. The molecule has 1 atom stereocenters. The molecule has 9 heteroatoms. The second kappa shape index (κ2) is 15.2. The number of hydrogen-bond donors (Lipinski definition) is 1. The van der Waals surface area contributed by atoms with Crippen LogP contribution in [0.5, 0.6) is 5.75 Å². The first-order valence-corrected chi connectivity index (χ1v) is 10.6. The number of Topliss-reactive ketones (excluding diaryl/α,β-unsaturated/α-hetero) is 1. The van der Waals surface area contributed by atoms with E-state index in [0.29, 0.717) is 23.8 Å². The lowest BCUT2D eigenvalue weighted by Gasteiger charge is -2.15. The average molecular weight is 435 g/mol. The van der Waals surface area contributed by atoms with Crippen molar-refractivity contribution in [2.45, 2.75) is 46.8 Å². The summed E-state index contributed by atoms with van der Waals surface area (Å²) in [5.74, 6) is 0.844. The smallest absolute Gasteiger partial charge is 0.251 e. The topological polar surface area (TPSA) is 123 Å². The number of rotatable bonds is 16. The molecule has 1 aromatic carbocycles. The van der Waals surface area contributed by atoms with Crippen molar-refractivity contribution in [3.05, 3.63) is 40.3 Å². The Morgan fingerprint density at radius 3 is 2.65 bits per heavy atom. The van der Waals surface area contributed by atoms with E-state index in [1.807, 2.05) is 13.8 Å². The van der Waals surface area contributed by atoms with Gasteiger partial charge in [-0.3, -0.25) is 9.59 Å². The molecule has 0 aliphatic carbocycles. The number of nitrogens with zero attached hydrogens (tertiary/aromatic N) is 3. The van der Waals surface area contributed by atoms with E-state index in [-0.39, 0.29) is 44.0 Å². The predicted octanol–water partition coefficient (Wildman–Crippen LogP) is 4.13. The first kappa shape index (κ1) is 26.4. The maximum atomic E-state index is 12.3. The van der Waals surface area contributed by atoms with Gasteiger partial charge in [-0.25, -0.2) is 0 Å². The molecule has 0 saturated heterocycles. The molecule has 9 nitrogen and oxygen atoms in total. The Hall–Kier alpha value is -2.61. The van der Waals surface area contributed by atoms with Gasteiger partial charge in [0.05, 0.1) is 13.2 Å². The molecule has 1 amide bonds. The van der Waals surface area contributed by atoms with Crippen LogP contribution in [0.3, 0.4) is 0 Å². The van der Waals surface area contributed by atoms with Gasteiger partial charge in [0.2, 0.25) is 0 Å². The van der Waals surface area contributed by atoms with Gasteiger partial charge in [0.15, 0.2) is 12.0 Å². The molecule has 1 aromatic rings. The first-order chi connectivity index (χ1) is 14.8. The van der Waals surface area contributed by atoms with Crippen LogP contribution in [0.1, 0.15) is 50.9 Å². The fraction of sp³-hybridized carbons (Fsp3) is 0.636. The lowest BCUT2D eigenvalue weighted by Crippen LogP contribution is -2.25. The average Bonchev–Trinajstić information content (AvgIpc) is 2.74. The van der Waals surface area contributed by atoms with Crippen molar-refractivity contribution < 1.29 is 23.8 Å². The molecule has 1 rings (SSSR count). The standard InChI is InChI=1S/C22H34N4O5/c1-16(2)7-6-10-24-22(28)18-8-5-9-19(13-18)31-15-21(25-26-23)30-12-11-29-14-20(27)17(3)4/h5,8-9,13,16-17,21H,6-7,10-12,14-15H2,1-4H3,(H,24,28). The number of amides is 1. The van der Waals surface area contributed by atoms with Crippen molar-refractivity contribution in [2.75, 3.05) is 33.0 Å². The minimum absolute atomic E-state index is 0.0127. The van der Waals surface area contributed by atoms with Gasteiger partial charge in [0.25, 0.3) is 5.91 Å². The van der Waals surface area contributed by atoms with Gasteiger partial charge in [-0.05, 0) is 42.5 Å². The molecule has 0 heterocycles. The van der Waals surface area contributed by atoms with E-state index in [4.69, 9.17) is 19.7 Å². The maximum Gasteiger partial charge on any atom is 0.251 e. The fourth-order valence-electron chi connectivity index (χ4n) is 2.46. The number of ketones is 1. The molecule has 1 N–H and O–H groups in total. The molecule has 1 unspecified atom stereocenters. The summed E-state index contributed by atoms with van der Waals surface area (Å²) >= 11 is 0. The summed E-state index contributed by atoms with van der Waals surface area (Å²) < 4.78 is 16.3. The largest absolute Gasteiger partial charge is 0.491 e. The van der Waals surface area contributed by atoms with E-state index in [1.54, 1.807) is 24.3 Å². The number of carbonyl (C=O) groups is 2. The quantitative estimate of drug-likeness (QED) is 0.181. The third-order valence-electron chi connectivity index (χ3n) is 4.34. The number of hydrogen-bond acceptors (Lipinski definition) is 6. The zero-order chi connectivity index (χ0) is 23.1. The van der Waals surface area contributed by atoms with E-state index in [2.05, 4.69) is 29.2 Å². The SMILES string of the molecule is CC(C)CCCNC(=O)c1cccc(OCC(N=[N+]=[N-])OCCOCC(=O)C(C)C)c1. The van der Waals surface area contributed by atoms with Crippen molar-refractivity contribution in [1.82, 2.24) is 5.32 Å². The van der Waals surface area contributed by atoms with Crippen LogP contribution in [-0.2, 0) is 14.3 Å². The number of ether oxygens (including phenoxy) is 3. The molecule has 172 valence electrons. The molecular weight excluding hydrogens is 400 g/mol. The summed E-state index contributed by atoms with van der Waals surface area (Å²) in [5.41, 5.74) is 9.21. The Balaban J connectivity index is 2.44. The molecular formula is C22H34N4O5. The summed E-state index contributed by atoms with van der Waals surface area (Å²) in [7, 11) is 0. The molecule has 0 bridgehead atoms. The molecule has 0 aromatic heterocycles. The molecule has 0 aliphatic heterocycles. The molecule has 0 saturated carbocycles. The van der Waals surface area contributed by atoms with E-state index in [9.17, 15) is 9.59 Å². The highest BCUT2D eigenvalue weighted by molar-refractivity contribution is 5.94. The Labute approximate surface area is 184 Å². The number of benzene rings is 1. The van der Waals surface area contributed by atoms with Crippen LogP contribution in [0.15, 0.2) is 29.4 Å². The van der Waals surface area contributed by atoms with Gasteiger partial charge in [-0.1, -0.05) is 38.9 Å². The zero-order valence-corrected chi connectivity index (χ0v) is 18.9. The normalized spacial score (nSPS) is 11.8. The molecule has 31 heavy (non-hydrogen) atoms.